The van der Waals surface area contributed by atoms with E-state index in [9.17, 15) is 19.5 Å². The Morgan fingerprint density at radius 1 is 1.15 bits per heavy atom. The second-order valence-corrected chi connectivity index (χ2v) is 11.0. The molecule has 0 radical (unpaired) electrons. The van der Waals surface area contributed by atoms with Crippen LogP contribution in [0.15, 0.2) is 66.8 Å². The van der Waals surface area contributed by atoms with Crippen molar-refractivity contribution in [3.05, 3.63) is 94.0 Å². The number of aromatic nitrogens is 1. The summed E-state index contributed by atoms with van der Waals surface area (Å²) < 4.78 is 10.9. The topological polar surface area (TPSA) is 106 Å². The van der Waals surface area contributed by atoms with Crippen LogP contribution in [-0.2, 0) is 14.3 Å². The predicted octanol–water partition coefficient (Wildman–Crippen LogP) is 6.72. The molecule has 1 aromatic heterocycles. The van der Waals surface area contributed by atoms with Crippen molar-refractivity contribution in [3.8, 4) is 5.75 Å². The first-order chi connectivity index (χ1) is 19.7. The van der Waals surface area contributed by atoms with Gasteiger partial charge in [0.05, 0.1) is 23.9 Å². The number of carbonyl (C=O) groups is 3. The van der Waals surface area contributed by atoms with Crippen LogP contribution >= 0.6 is 11.3 Å². The van der Waals surface area contributed by atoms with Gasteiger partial charge in [-0.1, -0.05) is 75.4 Å². The van der Waals surface area contributed by atoms with Gasteiger partial charge in [0, 0.05) is 5.56 Å². The van der Waals surface area contributed by atoms with Gasteiger partial charge in [-0.25, -0.2) is 9.78 Å². The summed E-state index contributed by atoms with van der Waals surface area (Å²) >= 11 is 0.961. The van der Waals surface area contributed by atoms with Crippen molar-refractivity contribution in [1.82, 2.24) is 4.98 Å². The SMILES string of the molecule is C=CCOC(=O)c1sc(N2C(=O)C(=O)C(=C(O)c3ccc(OCCCC)cc3)C2c2ccc(C(C)C)cc2)nc1C. The molecule has 1 aliphatic heterocycles. The molecule has 9 heteroatoms. The number of thiazole rings is 1. The van der Waals surface area contributed by atoms with Crippen LogP contribution in [0.25, 0.3) is 5.76 Å². The minimum Gasteiger partial charge on any atom is -0.507 e. The van der Waals surface area contributed by atoms with Crippen molar-refractivity contribution in [2.45, 2.75) is 52.5 Å². The van der Waals surface area contributed by atoms with Crippen molar-refractivity contribution in [2.24, 2.45) is 0 Å². The van der Waals surface area contributed by atoms with Gasteiger partial charge in [0.2, 0.25) is 0 Å². The lowest BCUT2D eigenvalue weighted by Gasteiger charge is -2.23. The molecule has 2 heterocycles. The van der Waals surface area contributed by atoms with Gasteiger partial charge in [-0.2, -0.15) is 0 Å². The van der Waals surface area contributed by atoms with Crippen molar-refractivity contribution >= 4 is 39.9 Å². The first-order valence-electron chi connectivity index (χ1n) is 13.6. The van der Waals surface area contributed by atoms with Gasteiger partial charge in [0.1, 0.15) is 23.0 Å². The highest BCUT2D eigenvalue weighted by Crippen LogP contribution is 2.44. The van der Waals surface area contributed by atoms with Crippen LogP contribution in [0.3, 0.4) is 0 Å². The minimum atomic E-state index is -0.959. The van der Waals surface area contributed by atoms with Gasteiger partial charge in [0.15, 0.2) is 5.13 Å². The second-order valence-electron chi connectivity index (χ2n) is 10.0. The van der Waals surface area contributed by atoms with Crippen molar-refractivity contribution in [3.63, 3.8) is 0 Å². The number of unbranched alkanes of at least 4 members (excludes halogenated alkanes) is 1. The van der Waals surface area contributed by atoms with Crippen LogP contribution in [0, 0.1) is 6.92 Å². The number of ether oxygens (including phenoxy) is 2. The fourth-order valence-electron chi connectivity index (χ4n) is 4.48. The summed E-state index contributed by atoms with van der Waals surface area (Å²) in [5.41, 5.74) is 2.39. The number of aliphatic hydroxyl groups is 1. The van der Waals surface area contributed by atoms with Crippen molar-refractivity contribution in [2.75, 3.05) is 18.1 Å². The number of hydrogen-bond donors (Lipinski definition) is 1. The van der Waals surface area contributed by atoms with Gasteiger partial charge in [-0.15, -0.1) is 0 Å². The largest absolute Gasteiger partial charge is 0.507 e. The zero-order chi connectivity index (χ0) is 29.7. The van der Waals surface area contributed by atoms with Crippen LogP contribution in [0.2, 0.25) is 0 Å². The zero-order valence-corrected chi connectivity index (χ0v) is 24.5. The average molecular weight is 575 g/mol. The zero-order valence-electron chi connectivity index (χ0n) is 23.7. The van der Waals surface area contributed by atoms with E-state index in [0.717, 1.165) is 29.7 Å². The van der Waals surface area contributed by atoms with Gasteiger partial charge >= 0.3 is 11.9 Å². The Morgan fingerprint density at radius 2 is 1.83 bits per heavy atom. The van der Waals surface area contributed by atoms with Crippen molar-refractivity contribution in [1.29, 1.82) is 0 Å². The second kappa shape index (κ2) is 13.0. The molecule has 1 fully saturated rings. The van der Waals surface area contributed by atoms with E-state index >= 15 is 0 Å². The summed E-state index contributed by atoms with van der Waals surface area (Å²) in [6.45, 7) is 12.0. The molecule has 4 rings (SSSR count). The average Bonchev–Trinajstić information content (AvgIpc) is 3.48. The summed E-state index contributed by atoms with van der Waals surface area (Å²) in [7, 11) is 0. The minimum absolute atomic E-state index is 0.0284. The van der Waals surface area contributed by atoms with E-state index in [1.807, 2.05) is 24.3 Å². The third-order valence-electron chi connectivity index (χ3n) is 6.77. The smallest absolute Gasteiger partial charge is 0.350 e. The number of carbonyl (C=O) groups excluding carboxylic acids is 3. The molecule has 0 bridgehead atoms. The monoisotopic (exact) mass is 574 g/mol. The van der Waals surface area contributed by atoms with E-state index in [4.69, 9.17) is 9.47 Å². The van der Waals surface area contributed by atoms with Crippen LogP contribution < -0.4 is 9.64 Å². The Hall–Kier alpha value is -4.24. The summed E-state index contributed by atoms with van der Waals surface area (Å²) in [4.78, 5) is 45.6. The van der Waals surface area contributed by atoms with E-state index in [1.54, 1.807) is 31.2 Å². The Kier molecular flexibility index (Phi) is 9.39. The van der Waals surface area contributed by atoms with Crippen LogP contribution in [0.4, 0.5) is 5.13 Å². The van der Waals surface area contributed by atoms with E-state index in [2.05, 4.69) is 32.3 Å². The number of amides is 1. The number of esters is 1. The maximum atomic E-state index is 13.5. The Bertz CT molecular complexity index is 1470. The fourth-order valence-corrected chi connectivity index (χ4v) is 5.47. The molecule has 1 saturated heterocycles. The number of rotatable bonds is 11. The molecule has 8 nitrogen and oxygen atoms in total. The highest BCUT2D eigenvalue weighted by Gasteiger charge is 2.48. The standard InChI is InChI=1S/C32H34N2O6S/c1-6-8-18-39-24-15-13-23(14-16-24)27(35)25-26(22-11-9-21(10-12-22)19(3)4)34(30(37)28(25)36)32-33-20(5)29(41-32)31(38)40-17-7-2/h7,9-16,19,26,35H,2,6,8,17-18H2,1,3-5H3. The van der Waals surface area contributed by atoms with Crippen LogP contribution in [0.5, 0.6) is 5.75 Å². The van der Waals surface area contributed by atoms with E-state index in [1.165, 1.54) is 11.0 Å². The molecule has 1 atom stereocenters. The highest BCUT2D eigenvalue weighted by atomic mass is 32.1. The normalized spacial score (nSPS) is 16.3. The summed E-state index contributed by atoms with van der Waals surface area (Å²) in [5.74, 6) is -1.66. The molecule has 1 amide bonds. The number of hydrogen-bond acceptors (Lipinski definition) is 8. The number of aryl methyl sites for hydroxylation is 1. The summed E-state index contributed by atoms with van der Waals surface area (Å²) in [5, 5.41) is 11.6. The van der Waals surface area contributed by atoms with E-state index in [0.29, 0.717) is 29.2 Å². The molecular formula is C32H34N2O6S. The Morgan fingerprint density at radius 3 is 2.44 bits per heavy atom. The van der Waals surface area contributed by atoms with Crippen LogP contribution in [-0.4, -0.2) is 41.0 Å². The molecular weight excluding hydrogens is 540 g/mol. The third-order valence-corrected chi connectivity index (χ3v) is 7.90. The number of Topliss-reactive ketones (excluding diaryl/α,β-unsaturated/α-hetero) is 1. The molecule has 0 saturated carbocycles. The maximum absolute atomic E-state index is 13.5. The molecule has 2 aromatic carbocycles. The number of aliphatic hydroxyl groups excluding tert-OH is 1. The number of anilines is 1. The van der Waals surface area contributed by atoms with Gasteiger partial charge < -0.3 is 14.6 Å². The molecule has 1 aliphatic rings. The highest BCUT2D eigenvalue weighted by molar-refractivity contribution is 7.17. The Labute approximate surface area is 243 Å². The first-order valence-corrected chi connectivity index (χ1v) is 14.4. The van der Waals surface area contributed by atoms with Gasteiger partial charge in [0.25, 0.3) is 5.78 Å². The van der Waals surface area contributed by atoms with E-state index < -0.39 is 23.7 Å². The lowest BCUT2D eigenvalue weighted by molar-refractivity contribution is -0.132. The molecule has 1 N–H and O–H groups in total. The van der Waals surface area contributed by atoms with Crippen molar-refractivity contribution < 1.29 is 29.0 Å². The number of benzene rings is 2. The molecule has 1 unspecified atom stereocenters. The molecule has 0 aliphatic carbocycles. The molecule has 214 valence electrons. The molecule has 0 spiro atoms. The maximum Gasteiger partial charge on any atom is 0.350 e. The lowest BCUT2D eigenvalue weighted by atomic mass is 9.93. The lowest BCUT2D eigenvalue weighted by Crippen LogP contribution is -2.29. The summed E-state index contributed by atoms with van der Waals surface area (Å²) in [6, 6.07) is 13.4. The Balaban J connectivity index is 1.81. The van der Waals surface area contributed by atoms with Crippen LogP contribution in [0.1, 0.15) is 77.6 Å². The number of ketones is 1. The molecule has 3 aromatic rings. The third kappa shape index (κ3) is 6.25. The molecule has 41 heavy (non-hydrogen) atoms. The quantitative estimate of drug-likeness (QED) is 0.0676. The van der Waals surface area contributed by atoms with Gasteiger partial charge in [-0.3, -0.25) is 14.5 Å². The predicted molar refractivity (Wildman–Crippen MR) is 159 cm³/mol. The fraction of sp³-hybridized carbons (Fsp3) is 0.312. The van der Waals surface area contributed by atoms with Gasteiger partial charge in [-0.05, 0) is 54.7 Å². The van der Waals surface area contributed by atoms with E-state index in [-0.39, 0.29) is 33.9 Å². The summed E-state index contributed by atoms with van der Waals surface area (Å²) in [6.07, 6.45) is 3.39. The number of nitrogens with zero attached hydrogens (tertiary/aromatic N) is 2. The first kappa shape index (κ1) is 29.7.